The van der Waals surface area contributed by atoms with E-state index in [4.69, 9.17) is 0 Å². The fraction of sp³-hybridized carbons (Fsp3) is 0.167. The minimum atomic E-state index is -0.229. The number of aromatic nitrogens is 3. The lowest BCUT2D eigenvalue weighted by molar-refractivity contribution is 0.280. The van der Waals surface area contributed by atoms with Crippen LogP contribution in [0, 0.1) is 6.92 Å². The van der Waals surface area contributed by atoms with Crippen LogP contribution in [0.2, 0.25) is 0 Å². The third-order valence-corrected chi connectivity index (χ3v) is 2.46. The van der Waals surface area contributed by atoms with Crippen LogP contribution in [0.1, 0.15) is 16.8 Å². The summed E-state index contributed by atoms with van der Waals surface area (Å²) >= 11 is 0. The average molecular weight is 259 g/mol. The van der Waals surface area contributed by atoms with E-state index in [1.54, 1.807) is 13.1 Å². The highest BCUT2D eigenvalue weighted by molar-refractivity contribution is 5.86. The number of hydrogen-bond acceptors (Lipinski definition) is 7. The van der Waals surface area contributed by atoms with Crippen LogP contribution in [0.15, 0.2) is 29.9 Å². The molecule has 7 nitrogen and oxygen atoms in total. The van der Waals surface area contributed by atoms with Gasteiger partial charge in [0.1, 0.15) is 5.75 Å². The van der Waals surface area contributed by atoms with Gasteiger partial charge < -0.3 is 10.2 Å². The Morgan fingerprint density at radius 2 is 2.16 bits per heavy atom. The molecule has 0 spiro atoms. The van der Waals surface area contributed by atoms with Gasteiger partial charge in [0.25, 0.3) is 0 Å². The Balaban J connectivity index is 2.21. The Kier molecular flexibility index (Phi) is 3.99. The van der Waals surface area contributed by atoms with Gasteiger partial charge in [-0.3, -0.25) is 15.4 Å². The first-order chi connectivity index (χ1) is 9.22. The van der Waals surface area contributed by atoms with Crippen LogP contribution in [-0.2, 0) is 6.61 Å². The Hall–Kier alpha value is -2.54. The number of aryl methyl sites for hydroxylation is 1. The van der Waals surface area contributed by atoms with E-state index < -0.39 is 0 Å². The molecule has 2 aromatic heterocycles. The van der Waals surface area contributed by atoms with E-state index in [0.717, 1.165) is 0 Å². The monoisotopic (exact) mass is 259 g/mol. The first kappa shape index (κ1) is 12.9. The topological polar surface area (TPSA) is 104 Å². The average Bonchev–Trinajstić information content (AvgIpc) is 2.45. The fourth-order valence-corrected chi connectivity index (χ4v) is 1.44. The maximum absolute atomic E-state index is 9.89. The van der Waals surface area contributed by atoms with Gasteiger partial charge in [-0.25, -0.2) is 4.98 Å². The molecule has 7 heteroatoms. The molecule has 0 atom stereocenters. The van der Waals surface area contributed by atoms with Crippen molar-refractivity contribution < 1.29 is 10.2 Å². The van der Waals surface area contributed by atoms with E-state index in [1.165, 1.54) is 24.8 Å². The second-order valence-corrected chi connectivity index (χ2v) is 3.75. The zero-order chi connectivity index (χ0) is 13.7. The summed E-state index contributed by atoms with van der Waals surface area (Å²) in [6.45, 7) is 1.44. The van der Waals surface area contributed by atoms with Gasteiger partial charge >= 0.3 is 0 Å². The van der Waals surface area contributed by atoms with Crippen molar-refractivity contribution in [3.63, 3.8) is 0 Å². The van der Waals surface area contributed by atoms with Crippen LogP contribution in [0.3, 0.4) is 0 Å². The summed E-state index contributed by atoms with van der Waals surface area (Å²) in [7, 11) is 0. The zero-order valence-electron chi connectivity index (χ0n) is 10.3. The van der Waals surface area contributed by atoms with Crippen molar-refractivity contribution in [2.75, 3.05) is 5.43 Å². The highest BCUT2D eigenvalue weighted by atomic mass is 16.3. The molecular formula is C12H13N5O2. The molecule has 98 valence electrons. The summed E-state index contributed by atoms with van der Waals surface area (Å²) in [5.74, 6) is 0.478. The van der Waals surface area contributed by atoms with E-state index in [-0.39, 0.29) is 12.4 Å². The van der Waals surface area contributed by atoms with Crippen LogP contribution in [0.25, 0.3) is 0 Å². The second-order valence-electron chi connectivity index (χ2n) is 3.75. The van der Waals surface area contributed by atoms with E-state index >= 15 is 0 Å². The smallest absolute Gasteiger partial charge is 0.164 e. The second kappa shape index (κ2) is 5.87. The Morgan fingerprint density at radius 1 is 1.32 bits per heavy atom. The first-order valence-electron chi connectivity index (χ1n) is 5.55. The molecule has 2 rings (SSSR count). The molecule has 0 saturated carbocycles. The van der Waals surface area contributed by atoms with Crippen LogP contribution in [0.4, 0.5) is 5.82 Å². The number of aromatic hydroxyl groups is 1. The van der Waals surface area contributed by atoms with Gasteiger partial charge in [0, 0.05) is 29.7 Å². The van der Waals surface area contributed by atoms with Crippen LogP contribution in [0.5, 0.6) is 5.75 Å². The molecular weight excluding hydrogens is 246 g/mol. The largest absolute Gasteiger partial charge is 0.505 e. The van der Waals surface area contributed by atoms with Gasteiger partial charge in [-0.15, -0.1) is 0 Å². The van der Waals surface area contributed by atoms with Gasteiger partial charge in [-0.2, -0.15) is 5.10 Å². The van der Waals surface area contributed by atoms with Gasteiger partial charge in [-0.05, 0) is 6.92 Å². The number of nitrogens with zero attached hydrogens (tertiary/aromatic N) is 4. The molecule has 0 aromatic carbocycles. The van der Waals surface area contributed by atoms with Crippen LogP contribution >= 0.6 is 0 Å². The maximum atomic E-state index is 9.89. The first-order valence-corrected chi connectivity index (χ1v) is 5.55. The lowest BCUT2D eigenvalue weighted by atomic mass is 10.1. The van der Waals surface area contributed by atoms with Gasteiger partial charge in [0.05, 0.1) is 24.7 Å². The molecule has 0 fully saturated rings. The van der Waals surface area contributed by atoms with E-state index in [1.807, 2.05) is 0 Å². The molecule has 0 saturated heterocycles. The number of hydrazone groups is 1. The third kappa shape index (κ3) is 3.02. The molecule has 19 heavy (non-hydrogen) atoms. The van der Waals surface area contributed by atoms with Crippen molar-refractivity contribution in [1.82, 2.24) is 15.0 Å². The maximum Gasteiger partial charge on any atom is 0.164 e. The lowest BCUT2D eigenvalue weighted by Crippen LogP contribution is -2.00. The number of aliphatic hydroxyl groups excluding tert-OH is 1. The normalized spacial score (nSPS) is 10.8. The third-order valence-electron chi connectivity index (χ3n) is 2.46. The summed E-state index contributed by atoms with van der Waals surface area (Å²) in [6.07, 6.45) is 7.51. The fourth-order valence-electron chi connectivity index (χ4n) is 1.44. The number of nitrogens with one attached hydrogen (secondary N) is 1. The summed E-state index contributed by atoms with van der Waals surface area (Å²) < 4.78 is 0. The molecule has 2 heterocycles. The summed E-state index contributed by atoms with van der Waals surface area (Å²) in [5.41, 5.74) is 4.06. The van der Waals surface area contributed by atoms with Crippen molar-refractivity contribution in [2.45, 2.75) is 13.5 Å². The van der Waals surface area contributed by atoms with E-state index in [0.29, 0.717) is 22.6 Å². The zero-order valence-corrected chi connectivity index (χ0v) is 10.3. The highest BCUT2D eigenvalue weighted by Gasteiger charge is 2.09. The van der Waals surface area contributed by atoms with Crippen LogP contribution < -0.4 is 5.43 Å². The number of rotatable bonds is 4. The molecule has 0 bridgehead atoms. The molecule has 3 N–H and O–H groups in total. The number of anilines is 1. The van der Waals surface area contributed by atoms with Gasteiger partial charge in [0.2, 0.25) is 0 Å². The molecule has 0 unspecified atom stereocenters. The van der Waals surface area contributed by atoms with E-state index in [9.17, 15) is 10.2 Å². The molecule has 0 aliphatic carbocycles. The standard InChI is InChI=1S/C12H13N5O2/c1-8-12(19)10(9(7-18)4-15-8)5-16-17-11-6-13-2-3-14-11/h2-6,18-19H,7H2,1H3,(H,14,17)/b16-5+. The van der Waals surface area contributed by atoms with Crippen molar-refractivity contribution >= 4 is 12.0 Å². The highest BCUT2D eigenvalue weighted by Crippen LogP contribution is 2.21. The molecule has 2 aromatic rings. The lowest BCUT2D eigenvalue weighted by Gasteiger charge is -2.06. The number of aliphatic hydroxyl groups is 1. The SMILES string of the molecule is Cc1ncc(CO)c(/C=N/Nc2cnccn2)c1O. The van der Waals surface area contributed by atoms with Gasteiger partial charge in [0.15, 0.2) is 5.82 Å². The minimum absolute atomic E-state index is 0.00348. The Morgan fingerprint density at radius 3 is 2.84 bits per heavy atom. The summed E-state index contributed by atoms with van der Waals surface area (Å²) in [4.78, 5) is 11.8. The van der Waals surface area contributed by atoms with Crippen molar-refractivity contribution in [3.05, 3.63) is 41.6 Å². The summed E-state index contributed by atoms with van der Waals surface area (Å²) in [5, 5.41) is 23.0. The summed E-state index contributed by atoms with van der Waals surface area (Å²) in [6, 6.07) is 0. The molecule has 0 aliphatic rings. The predicted molar refractivity (Wildman–Crippen MR) is 69.8 cm³/mol. The molecule has 0 aliphatic heterocycles. The van der Waals surface area contributed by atoms with Crippen LogP contribution in [-0.4, -0.2) is 31.4 Å². The Bertz CT molecular complexity index is 586. The molecule has 0 radical (unpaired) electrons. The van der Waals surface area contributed by atoms with Crippen molar-refractivity contribution in [2.24, 2.45) is 5.10 Å². The quantitative estimate of drug-likeness (QED) is 0.555. The van der Waals surface area contributed by atoms with Gasteiger partial charge in [-0.1, -0.05) is 0 Å². The Labute approximate surface area is 109 Å². The number of pyridine rings is 1. The van der Waals surface area contributed by atoms with Crippen molar-refractivity contribution in [1.29, 1.82) is 0 Å². The van der Waals surface area contributed by atoms with E-state index in [2.05, 4.69) is 25.5 Å². The predicted octanol–water partition coefficient (Wildman–Crippen LogP) is 0.824. The van der Waals surface area contributed by atoms with Crippen molar-refractivity contribution in [3.8, 4) is 5.75 Å². The molecule has 0 amide bonds. The minimum Gasteiger partial charge on any atom is -0.505 e. The number of hydrogen-bond donors (Lipinski definition) is 3.